The Kier molecular flexibility index (Phi) is 20.1. The number of alkyl halides is 24. The van der Waals surface area contributed by atoms with Crippen LogP contribution in [0.1, 0.15) is 119 Å². The summed E-state index contributed by atoms with van der Waals surface area (Å²) in [5, 5.41) is 0. The van der Waals surface area contributed by atoms with E-state index in [0.29, 0.717) is 6.54 Å². The van der Waals surface area contributed by atoms with Crippen LogP contribution in [0, 0.1) is 0 Å². The molecule has 0 atom stereocenters. The summed E-state index contributed by atoms with van der Waals surface area (Å²) in [6.45, 7) is 2.64. The molecule has 0 spiro atoms. The smallest absolute Gasteiger partial charge is 0.287 e. The van der Waals surface area contributed by atoms with E-state index in [2.05, 4.69) is 11.9 Å². The first-order chi connectivity index (χ1) is 37.6. The molecule has 0 unspecified atom stereocenters. The number of hydrogen-bond acceptors (Lipinski definition) is 2. The van der Waals surface area contributed by atoms with Gasteiger partial charge in [-0.3, -0.25) is 9.78 Å². The van der Waals surface area contributed by atoms with E-state index in [4.69, 9.17) is 0 Å². The number of hydrogen-bond donors (Lipinski definition) is 0. The van der Waals surface area contributed by atoms with Gasteiger partial charge in [-0.2, -0.15) is 132 Å². The standard InChI is InChI=1S/C32H12BF24.C22H31N2O/c34-25(35,36)13-1-14(26(37,38)39)6-21(5-13)33(22-7-15(27(40,41)42)2-16(8-22)28(43,44)45,23-9-17(29(46,47)48)3-18(10-23)30(49,50)51)24-11-19(31(52,53)54)4-20(12-24)32(55,56)57;1-2-3-4-5-6-7-8-12-15-21-18-23-16-17-24(21)19-22(25)20-13-10-9-11-14-20/h1-12H;9-11,13-14,16-18H,2-8,12,15,19H2,1H3/q-1;+1. The first kappa shape index (κ1) is 66.0. The lowest BCUT2D eigenvalue weighted by Gasteiger charge is -2.46. The molecular weight excluding hydrogens is 1160 g/mol. The molecule has 6 aromatic rings. The van der Waals surface area contributed by atoms with Crippen molar-refractivity contribution in [3.05, 3.63) is 177 Å². The Morgan fingerprint density at radius 2 is 0.683 bits per heavy atom. The average molecular weight is 1200 g/mol. The van der Waals surface area contributed by atoms with Crippen LogP contribution in [-0.4, -0.2) is 16.9 Å². The highest BCUT2D eigenvalue weighted by Crippen LogP contribution is 2.41. The first-order valence-corrected chi connectivity index (χ1v) is 24.3. The van der Waals surface area contributed by atoms with E-state index in [1.54, 1.807) is 6.20 Å². The Bertz CT molecular complexity index is 2690. The molecular formula is C54H43BF24N2O. The van der Waals surface area contributed by atoms with E-state index in [1.807, 2.05) is 47.3 Å². The minimum atomic E-state index is -6.13. The van der Waals surface area contributed by atoms with E-state index >= 15 is 0 Å². The third-order valence-electron chi connectivity index (χ3n) is 13.1. The molecule has 1 heterocycles. The van der Waals surface area contributed by atoms with E-state index in [0.717, 1.165) is 17.7 Å². The highest BCUT2D eigenvalue weighted by Gasteiger charge is 2.47. The number of benzene rings is 5. The molecule has 0 fully saturated rings. The number of Topliss-reactive ketones (excluding diaryl/α,β-unsaturated/α-hetero) is 1. The molecule has 28 heteroatoms. The second-order valence-electron chi connectivity index (χ2n) is 18.9. The van der Waals surface area contributed by atoms with Crippen LogP contribution in [0.2, 0.25) is 0 Å². The molecule has 1 aromatic heterocycles. The van der Waals surface area contributed by atoms with Crippen LogP contribution in [0.15, 0.2) is 122 Å². The molecule has 0 aliphatic heterocycles. The Hall–Kier alpha value is -6.77. The second-order valence-corrected chi connectivity index (χ2v) is 18.9. The number of halogens is 24. The zero-order chi connectivity index (χ0) is 61.7. The number of ketones is 1. The van der Waals surface area contributed by atoms with Crippen LogP contribution in [0.5, 0.6) is 0 Å². The van der Waals surface area contributed by atoms with Gasteiger partial charge in [0, 0.05) is 12.0 Å². The van der Waals surface area contributed by atoms with Crippen molar-refractivity contribution in [3.63, 3.8) is 0 Å². The number of carbonyl (C=O) groups excluding carboxylic acids is 1. The molecule has 0 saturated heterocycles. The average Bonchev–Trinajstić information content (AvgIpc) is 1.66. The maximum Gasteiger partial charge on any atom is 0.416 e. The number of carbonyl (C=O) groups is 1. The summed E-state index contributed by atoms with van der Waals surface area (Å²) in [5.74, 6) is 0.147. The Balaban J connectivity index is 0.000000409. The van der Waals surface area contributed by atoms with Crippen LogP contribution in [0.25, 0.3) is 0 Å². The molecule has 0 aliphatic rings. The van der Waals surface area contributed by atoms with Crippen molar-refractivity contribution in [2.24, 2.45) is 0 Å². The zero-order valence-corrected chi connectivity index (χ0v) is 42.1. The highest BCUT2D eigenvalue weighted by atomic mass is 19.4. The number of aryl methyl sites for hydroxylation is 1. The van der Waals surface area contributed by atoms with Gasteiger partial charge in [-0.25, -0.2) is 0 Å². The number of nitrogens with zero attached hydrogens (tertiary/aromatic N) is 2. The summed E-state index contributed by atoms with van der Waals surface area (Å²) in [6, 6.07) is 0.696. The van der Waals surface area contributed by atoms with Crippen molar-refractivity contribution < 1.29 is 115 Å². The van der Waals surface area contributed by atoms with Crippen molar-refractivity contribution in [2.45, 2.75) is 121 Å². The van der Waals surface area contributed by atoms with Crippen molar-refractivity contribution in [3.8, 4) is 0 Å². The lowest BCUT2D eigenvalue weighted by molar-refractivity contribution is -0.691. The van der Waals surface area contributed by atoms with Gasteiger partial charge in [0.25, 0.3) is 0 Å². The molecule has 0 aliphatic carbocycles. The maximum absolute atomic E-state index is 14.2. The van der Waals surface area contributed by atoms with Crippen molar-refractivity contribution in [1.82, 2.24) is 4.98 Å². The van der Waals surface area contributed by atoms with Crippen molar-refractivity contribution >= 4 is 33.8 Å². The quantitative estimate of drug-likeness (QED) is 0.0318. The zero-order valence-electron chi connectivity index (χ0n) is 42.1. The Morgan fingerprint density at radius 3 is 0.963 bits per heavy atom. The van der Waals surface area contributed by atoms with Crippen LogP contribution in [0.4, 0.5) is 105 Å². The predicted octanol–water partition coefficient (Wildman–Crippen LogP) is 16.1. The summed E-state index contributed by atoms with van der Waals surface area (Å²) in [5.41, 5.74) is -28.3. The normalized spacial score (nSPS) is 13.2. The van der Waals surface area contributed by atoms with E-state index in [9.17, 15) is 110 Å². The summed E-state index contributed by atoms with van der Waals surface area (Å²) < 4.78 is 343. The van der Waals surface area contributed by atoms with Crippen molar-refractivity contribution in [2.75, 3.05) is 0 Å². The topological polar surface area (TPSA) is 33.8 Å². The monoisotopic (exact) mass is 1200 g/mol. The molecule has 6 rings (SSSR count). The van der Waals surface area contributed by atoms with Gasteiger partial charge >= 0.3 is 49.4 Å². The van der Waals surface area contributed by atoms with Crippen molar-refractivity contribution in [1.29, 1.82) is 0 Å². The molecule has 0 radical (unpaired) electrons. The van der Waals surface area contributed by atoms with Gasteiger partial charge in [-0.05, 0) is 30.7 Å². The molecule has 0 saturated carbocycles. The van der Waals surface area contributed by atoms with Crippen LogP contribution in [0.3, 0.4) is 0 Å². The lowest BCUT2D eigenvalue weighted by atomic mass is 9.12. The van der Waals surface area contributed by atoms with Gasteiger partial charge in [-0.1, -0.05) is 131 Å². The number of unbranched alkanes of at least 4 members (excludes halogenated alkanes) is 7. The molecule has 5 aromatic carbocycles. The SMILES string of the molecule is CCCCCCCCCCc1cncc[n+]1CC(=O)c1ccccc1.FC(F)(F)c1cc([B-](c2cc(C(F)(F)F)cc(C(F)(F)F)c2)(c2cc(C(F)(F)F)cc(C(F)(F)F)c2)c2cc(C(F)(F)F)cc(C(F)(F)F)c2)cc(C(F)(F)F)c1. The first-order valence-electron chi connectivity index (χ1n) is 24.3. The van der Waals surface area contributed by atoms with E-state index in [1.165, 1.54) is 51.4 Å². The van der Waals surface area contributed by atoms with Crippen LogP contribution >= 0.6 is 0 Å². The third kappa shape index (κ3) is 16.9. The maximum atomic E-state index is 14.2. The predicted molar refractivity (Wildman–Crippen MR) is 252 cm³/mol. The van der Waals surface area contributed by atoms with Gasteiger partial charge in [0.05, 0.1) is 56.9 Å². The minimum absolute atomic E-state index is 0.147. The molecule has 0 bridgehead atoms. The Labute approximate surface area is 450 Å². The van der Waals surface area contributed by atoms with E-state index in [-0.39, 0.29) is 5.78 Å². The molecule has 82 heavy (non-hydrogen) atoms. The molecule has 3 nitrogen and oxygen atoms in total. The van der Waals surface area contributed by atoms with Gasteiger partial charge in [0.2, 0.25) is 12.3 Å². The number of aromatic nitrogens is 2. The molecule has 0 N–H and O–H groups in total. The number of rotatable bonds is 16. The summed E-state index contributed by atoms with van der Waals surface area (Å²) in [7, 11) is 0. The van der Waals surface area contributed by atoms with E-state index < -0.39 is 195 Å². The molecule has 446 valence electrons. The minimum Gasteiger partial charge on any atom is -0.287 e. The Morgan fingerprint density at radius 1 is 0.402 bits per heavy atom. The lowest BCUT2D eigenvalue weighted by Crippen LogP contribution is -2.75. The summed E-state index contributed by atoms with van der Waals surface area (Å²) in [6.07, 6.45) is -37.7. The van der Waals surface area contributed by atoms with Gasteiger partial charge < -0.3 is 0 Å². The van der Waals surface area contributed by atoms with Gasteiger partial charge in [0.15, 0.2) is 11.9 Å². The summed E-state index contributed by atoms with van der Waals surface area (Å²) >= 11 is 0. The van der Waals surface area contributed by atoms with Gasteiger partial charge in [-0.15, -0.1) is 0 Å². The fourth-order valence-corrected chi connectivity index (χ4v) is 9.16. The highest BCUT2D eigenvalue weighted by molar-refractivity contribution is 7.20. The largest absolute Gasteiger partial charge is 0.416 e. The second kappa shape index (κ2) is 25.0. The van der Waals surface area contributed by atoms with Crippen LogP contribution < -0.4 is 26.4 Å². The van der Waals surface area contributed by atoms with Gasteiger partial charge in [0.1, 0.15) is 6.15 Å². The fraction of sp³-hybridized carbons (Fsp3) is 0.352. The third-order valence-corrected chi connectivity index (χ3v) is 13.1. The molecule has 0 amide bonds. The summed E-state index contributed by atoms with van der Waals surface area (Å²) in [4.78, 5) is 16.7. The fourth-order valence-electron chi connectivity index (χ4n) is 9.16. The van der Waals surface area contributed by atoms with Crippen LogP contribution in [-0.2, 0) is 62.4 Å².